The Bertz CT molecular complexity index is 821. The predicted octanol–water partition coefficient (Wildman–Crippen LogP) is 2.87. The van der Waals surface area contributed by atoms with E-state index in [0.29, 0.717) is 13.1 Å². The standard InChI is InChI=1S/C22H28FN3O2S/c1-25-15-20(21(27)24-13-19-6-3-11-29-19)28-22(16-25)7-9-26(10-8-22)14-17-4-2-5-18(23)12-17/h2-6,11-12,20H,7-10,13-16H2,1H3,(H,24,27)/t20-/m1/s1. The van der Waals surface area contributed by atoms with E-state index < -0.39 is 6.10 Å². The van der Waals surface area contributed by atoms with E-state index in [4.69, 9.17) is 4.74 Å². The molecule has 0 bridgehead atoms. The summed E-state index contributed by atoms with van der Waals surface area (Å²) in [6, 6.07) is 10.8. The molecular formula is C22H28FN3O2S. The molecule has 2 aliphatic heterocycles. The Morgan fingerprint density at radius 3 is 2.86 bits per heavy atom. The number of likely N-dealkylation sites (tertiary alicyclic amines) is 1. The summed E-state index contributed by atoms with van der Waals surface area (Å²) in [4.78, 5) is 18.4. The number of amides is 1. The molecule has 0 saturated carbocycles. The van der Waals surface area contributed by atoms with Crippen LogP contribution in [0.5, 0.6) is 0 Å². The minimum Gasteiger partial charge on any atom is -0.359 e. The fraction of sp³-hybridized carbons (Fsp3) is 0.500. The molecular weight excluding hydrogens is 389 g/mol. The molecule has 1 atom stereocenters. The molecule has 29 heavy (non-hydrogen) atoms. The van der Waals surface area contributed by atoms with Gasteiger partial charge in [-0.1, -0.05) is 18.2 Å². The number of nitrogens with one attached hydrogen (secondary N) is 1. The van der Waals surface area contributed by atoms with Gasteiger partial charge in [0.1, 0.15) is 11.9 Å². The summed E-state index contributed by atoms with van der Waals surface area (Å²) < 4.78 is 19.8. The fourth-order valence-corrected chi connectivity index (χ4v) is 4.99. The quantitative estimate of drug-likeness (QED) is 0.813. The van der Waals surface area contributed by atoms with Gasteiger partial charge in [-0.25, -0.2) is 4.39 Å². The molecule has 5 nitrogen and oxygen atoms in total. The summed E-state index contributed by atoms with van der Waals surface area (Å²) >= 11 is 1.64. The minimum atomic E-state index is -0.441. The maximum Gasteiger partial charge on any atom is 0.250 e. The Hall–Kier alpha value is -1.80. The van der Waals surface area contributed by atoms with Gasteiger partial charge in [0.05, 0.1) is 12.1 Å². The van der Waals surface area contributed by atoms with Gasteiger partial charge < -0.3 is 15.0 Å². The van der Waals surface area contributed by atoms with E-state index in [2.05, 4.69) is 22.2 Å². The van der Waals surface area contributed by atoms with E-state index in [-0.39, 0.29) is 17.3 Å². The third-order valence-electron chi connectivity index (χ3n) is 5.80. The number of hydrogen-bond donors (Lipinski definition) is 1. The molecule has 0 unspecified atom stereocenters. The van der Waals surface area contributed by atoms with Crippen molar-refractivity contribution < 1.29 is 13.9 Å². The fourth-order valence-electron chi connectivity index (χ4n) is 4.34. The molecule has 1 aromatic carbocycles. The number of carbonyl (C=O) groups excluding carboxylic acids is 1. The number of thiophene rings is 1. The molecule has 1 aromatic heterocycles. The van der Waals surface area contributed by atoms with Gasteiger partial charge in [-0.2, -0.15) is 0 Å². The lowest BCUT2D eigenvalue weighted by atomic mass is 9.88. The van der Waals surface area contributed by atoms with Crippen LogP contribution in [0.1, 0.15) is 23.3 Å². The largest absolute Gasteiger partial charge is 0.359 e. The summed E-state index contributed by atoms with van der Waals surface area (Å²) in [5.41, 5.74) is 0.713. The third-order valence-corrected chi connectivity index (χ3v) is 6.68. The number of morpholine rings is 1. The zero-order valence-corrected chi connectivity index (χ0v) is 17.6. The van der Waals surface area contributed by atoms with E-state index in [9.17, 15) is 9.18 Å². The van der Waals surface area contributed by atoms with Gasteiger partial charge >= 0.3 is 0 Å². The van der Waals surface area contributed by atoms with Crippen LogP contribution in [0.15, 0.2) is 41.8 Å². The second-order valence-corrected chi connectivity index (χ2v) is 9.22. The van der Waals surface area contributed by atoms with Crippen molar-refractivity contribution >= 4 is 17.2 Å². The highest BCUT2D eigenvalue weighted by molar-refractivity contribution is 7.09. The second kappa shape index (κ2) is 8.92. The van der Waals surface area contributed by atoms with E-state index in [1.807, 2.05) is 23.6 Å². The van der Waals surface area contributed by atoms with Crippen LogP contribution in [-0.4, -0.2) is 60.6 Å². The molecule has 7 heteroatoms. The SMILES string of the molecule is CN1C[C@H](C(=O)NCc2cccs2)OC2(CCN(Cc3cccc(F)c3)CC2)C1. The van der Waals surface area contributed by atoms with E-state index in [0.717, 1.165) is 49.5 Å². The summed E-state index contributed by atoms with van der Waals surface area (Å²) in [5.74, 6) is -0.226. The third kappa shape index (κ3) is 5.22. The first-order valence-electron chi connectivity index (χ1n) is 10.1. The average Bonchev–Trinajstić information content (AvgIpc) is 3.21. The number of hydrogen-bond acceptors (Lipinski definition) is 5. The molecule has 1 amide bonds. The molecule has 1 N–H and O–H groups in total. The lowest BCUT2D eigenvalue weighted by Crippen LogP contribution is -2.61. The average molecular weight is 418 g/mol. The van der Waals surface area contributed by atoms with E-state index >= 15 is 0 Å². The van der Waals surface area contributed by atoms with Crippen LogP contribution in [0.3, 0.4) is 0 Å². The monoisotopic (exact) mass is 417 g/mol. The van der Waals surface area contributed by atoms with Crippen molar-refractivity contribution in [2.75, 3.05) is 33.2 Å². The number of nitrogens with zero attached hydrogens (tertiary/aromatic N) is 2. The van der Waals surface area contributed by atoms with Crippen molar-refractivity contribution in [3.8, 4) is 0 Å². The lowest BCUT2D eigenvalue weighted by Gasteiger charge is -2.48. The van der Waals surface area contributed by atoms with Crippen LogP contribution >= 0.6 is 11.3 Å². The Morgan fingerprint density at radius 2 is 2.14 bits per heavy atom. The van der Waals surface area contributed by atoms with Crippen molar-refractivity contribution in [2.24, 2.45) is 0 Å². The summed E-state index contributed by atoms with van der Waals surface area (Å²) in [6.45, 7) is 4.52. The molecule has 2 fully saturated rings. The smallest absolute Gasteiger partial charge is 0.250 e. The first-order chi connectivity index (χ1) is 14.0. The van der Waals surface area contributed by atoms with Crippen LogP contribution in [0.2, 0.25) is 0 Å². The Labute approximate surface area is 175 Å². The van der Waals surface area contributed by atoms with Gasteiger partial charge in [0.15, 0.2) is 0 Å². The van der Waals surface area contributed by atoms with Crippen molar-refractivity contribution in [3.63, 3.8) is 0 Å². The van der Waals surface area contributed by atoms with Crippen LogP contribution in [-0.2, 0) is 22.6 Å². The summed E-state index contributed by atoms with van der Waals surface area (Å²) in [6.07, 6.45) is 1.31. The highest BCUT2D eigenvalue weighted by atomic mass is 32.1. The molecule has 0 aliphatic carbocycles. The highest BCUT2D eigenvalue weighted by Crippen LogP contribution is 2.32. The molecule has 156 valence electrons. The summed E-state index contributed by atoms with van der Waals surface area (Å²) in [7, 11) is 2.06. The summed E-state index contributed by atoms with van der Waals surface area (Å²) in [5, 5.41) is 5.03. The Balaban J connectivity index is 1.32. The molecule has 0 radical (unpaired) electrons. The maximum absolute atomic E-state index is 13.4. The Morgan fingerprint density at radius 1 is 1.31 bits per heavy atom. The zero-order valence-electron chi connectivity index (χ0n) is 16.8. The highest BCUT2D eigenvalue weighted by Gasteiger charge is 2.43. The van der Waals surface area contributed by atoms with Gasteiger partial charge in [0.2, 0.25) is 0 Å². The van der Waals surface area contributed by atoms with Crippen molar-refractivity contribution in [1.82, 2.24) is 15.1 Å². The molecule has 1 spiro atoms. The van der Waals surface area contributed by atoms with Gasteiger partial charge in [0.25, 0.3) is 5.91 Å². The van der Waals surface area contributed by atoms with Crippen molar-refractivity contribution in [1.29, 1.82) is 0 Å². The first kappa shape index (κ1) is 20.5. The number of piperidine rings is 1. The number of likely N-dealkylation sites (N-methyl/N-ethyl adjacent to an activating group) is 1. The number of halogens is 1. The van der Waals surface area contributed by atoms with E-state index in [1.165, 1.54) is 6.07 Å². The minimum absolute atomic E-state index is 0.0356. The molecule has 2 aromatic rings. The van der Waals surface area contributed by atoms with Crippen molar-refractivity contribution in [2.45, 2.75) is 37.6 Å². The number of carbonyl (C=O) groups is 1. The normalized spacial score (nSPS) is 22.6. The van der Waals surface area contributed by atoms with Crippen LogP contribution in [0, 0.1) is 5.82 Å². The maximum atomic E-state index is 13.4. The van der Waals surface area contributed by atoms with E-state index in [1.54, 1.807) is 23.5 Å². The number of rotatable bonds is 5. The van der Waals surface area contributed by atoms with Crippen molar-refractivity contribution in [3.05, 3.63) is 58.0 Å². The first-order valence-corrected chi connectivity index (χ1v) is 11.0. The van der Waals surface area contributed by atoms with Crippen LogP contribution in [0.4, 0.5) is 4.39 Å². The predicted molar refractivity (Wildman–Crippen MR) is 112 cm³/mol. The lowest BCUT2D eigenvalue weighted by molar-refractivity contribution is -0.182. The molecule has 2 saturated heterocycles. The second-order valence-electron chi connectivity index (χ2n) is 8.19. The molecule has 4 rings (SSSR count). The topological polar surface area (TPSA) is 44.8 Å². The molecule has 3 heterocycles. The Kier molecular flexibility index (Phi) is 6.29. The van der Waals surface area contributed by atoms with Gasteiger partial charge in [-0.15, -0.1) is 11.3 Å². The zero-order chi connectivity index (χ0) is 20.3. The van der Waals surface area contributed by atoms with Gasteiger partial charge in [-0.05, 0) is 49.0 Å². The van der Waals surface area contributed by atoms with Gasteiger partial charge in [0, 0.05) is 37.6 Å². The molecule has 2 aliphatic rings. The number of benzene rings is 1. The van der Waals surface area contributed by atoms with Gasteiger partial charge in [-0.3, -0.25) is 9.69 Å². The number of ether oxygens (including phenoxy) is 1. The van der Waals surface area contributed by atoms with Crippen LogP contribution in [0.25, 0.3) is 0 Å². The van der Waals surface area contributed by atoms with Crippen LogP contribution < -0.4 is 5.32 Å².